The summed E-state index contributed by atoms with van der Waals surface area (Å²) in [5, 5.41) is 11.0. The highest BCUT2D eigenvalue weighted by Crippen LogP contribution is 2.66. The molecule has 1 fully saturated rings. The van der Waals surface area contributed by atoms with Gasteiger partial charge in [0, 0.05) is 5.92 Å². The van der Waals surface area contributed by atoms with Crippen LogP contribution in [0.1, 0.15) is 29.6 Å². The van der Waals surface area contributed by atoms with Crippen molar-refractivity contribution >= 4 is 5.97 Å². The minimum atomic E-state index is -0.995. The number of aliphatic hydroxyl groups is 1. The fraction of sp³-hybridized carbons (Fsp3) is 0.350. The Balaban J connectivity index is 1.97. The minimum absolute atomic E-state index is 0.0794. The van der Waals surface area contributed by atoms with Crippen LogP contribution in [0.15, 0.2) is 48.5 Å². The molecular formula is C20H22O5. The van der Waals surface area contributed by atoms with Crippen molar-refractivity contribution in [2.45, 2.75) is 18.4 Å². The van der Waals surface area contributed by atoms with E-state index in [0.29, 0.717) is 23.5 Å². The summed E-state index contributed by atoms with van der Waals surface area (Å²) >= 11 is 0. The van der Waals surface area contributed by atoms with Gasteiger partial charge in [-0.15, -0.1) is 0 Å². The number of esters is 1. The van der Waals surface area contributed by atoms with Gasteiger partial charge >= 0.3 is 5.97 Å². The zero-order valence-corrected chi connectivity index (χ0v) is 14.6. The van der Waals surface area contributed by atoms with Crippen LogP contribution in [0.2, 0.25) is 0 Å². The zero-order chi connectivity index (χ0) is 18.0. The Hall–Kier alpha value is -2.53. The molecule has 3 unspecified atom stereocenters. The van der Waals surface area contributed by atoms with Crippen LogP contribution in [-0.4, -0.2) is 32.4 Å². The standard InChI is InChI=1S/C20H22O5/c1-23-16-10-9-14(11-17(16)24-2)18(21)20(19(22)25-3)12-15(20)13-7-5-4-6-8-13/h4-11,15,18,21H,12H2,1-3H3. The lowest BCUT2D eigenvalue weighted by molar-refractivity contribution is -0.152. The van der Waals surface area contributed by atoms with E-state index in [4.69, 9.17) is 14.2 Å². The zero-order valence-electron chi connectivity index (χ0n) is 14.6. The van der Waals surface area contributed by atoms with E-state index in [2.05, 4.69) is 0 Å². The number of carbonyl (C=O) groups excluding carboxylic acids is 1. The predicted octanol–water partition coefficient (Wildman–Crippen LogP) is 3.08. The molecule has 132 valence electrons. The maximum Gasteiger partial charge on any atom is 0.315 e. The first-order valence-corrected chi connectivity index (χ1v) is 8.11. The monoisotopic (exact) mass is 342 g/mol. The maximum absolute atomic E-state index is 12.5. The Kier molecular flexibility index (Phi) is 4.68. The van der Waals surface area contributed by atoms with Crippen molar-refractivity contribution in [1.29, 1.82) is 0 Å². The molecule has 2 aromatic rings. The quantitative estimate of drug-likeness (QED) is 0.817. The summed E-state index contributed by atoms with van der Waals surface area (Å²) in [6.45, 7) is 0. The maximum atomic E-state index is 12.5. The Morgan fingerprint density at radius 1 is 1.08 bits per heavy atom. The van der Waals surface area contributed by atoms with Crippen LogP contribution in [0.5, 0.6) is 11.5 Å². The summed E-state index contributed by atoms with van der Waals surface area (Å²) < 4.78 is 15.6. The highest BCUT2D eigenvalue weighted by Gasteiger charge is 2.66. The first-order chi connectivity index (χ1) is 12.1. The number of hydrogen-bond acceptors (Lipinski definition) is 5. The molecule has 25 heavy (non-hydrogen) atoms. The van der Waals surface area contributed by atoms with Gasteiger partial charge in [-0.25, -0.2) is 0 Å². The van der Waals surface area contributed by atoms with Crippen molar-refractivity contribution in [3.8, 4) is 11.5 Å². The second kappa shape index (κ2) is 6.76. The first kappa shape index (κ1) is 17.3. The first-order valence-electron chi connectivity index (χ1n) is 8.11. The van der Waals surface area contributed by atoms with Gasteiger partial charge in [-0.05, 0) is 29.7 Å². The van der Waals surface area contributed by atoms with Crippen LogP contribution in [0, 0.1) is 5.41 Å². The van der Waals surface area contributed by atoms with Gasteiger partial charge in [-0.2, -0.15) is 0 Å². The molecule has 0 amide bonds. The SMILES string of the molecule is COC(=O)C1(C(O)c2ccc(OC)c(OC)c2)CC1c1ccccc1. The third-order valence-corrected chi connectivity index (χ3v) is 4.98. The molecule has 5 nitrogen and oxygen atoms in total. The van der Waals surface area contributed by atoms with Crippen molar-refractivity contribution in [1.82, 2.24) is 0 Å². The second-order valence-electron chi connectivity index (χ2n) is 6.22. The molecular weight excluding hydrogens is 320 g/mol. The van der Waals surface area contributed by atoms with E-state index in [1.807, 2.05) is 30.3 Å². The Morgan fingerprint density at radius 2 is 1.76 bits per heavy atom. The molecule has 3 rings (SSSR count). The number of ether oxygens (including phenoxy) is 3. The summed E-state index contributed by atoms with van der Waals surface area (Å²) in [6, 6.07) is 14.9. The highest BCUT2D eigenvalue weighted by atomic mass is 16.5. The molecule has 0 aliphatic heterocycles. The number of benzene rings is 2. The number of aliphatic hydroxyl groups excluding tert-OH is 1. The molecule has 5 heteroatoms. The molecule has 0 radical (unpaired) electrons. The average molecular weight is 342 g/mol. The number of methoxy groups -OCH3 is 3. The molecule has 0 spiro atoms. The van der Waals surface area contributed by atoms with E-state index in [-0.39, 0.29) is 5.92 Å². The normalized spacial score (nSPS) is 22.8. The number of rotatable bonds is 6. The fourth-order valence-electron chi connectivity index (χ4n) is 3.53. The van der Waals surface area contributed by atoms with Crippen LogP contribution >= 0.6 is 0 Å². The molecule has 1 saturated carbocycles. The Labute approximate surface area is 147 Å². The molecule has 0 heterocycles. The molecule has 1 aliphatic rings. The average Bonchev–Trinajstić information content (AvgIpc) is 3.43. The molecule has 2 aromatic carbocycles. The van der Waals surface area contributed by atoms with Gasteiger partial charge in [0.15, 0.2) is 11.5 Å². The lowest BCUT2D eigenvalue weighted by Crippen LogP contribution is -2.27. The van der Waals surface area contributed by atoms with E-state index in [1.54, 1.807) is 25.3 Å². The van der Waals surface area contributed by atoms with E-state index in [1.165, 1.54) is 14.2 Å². The van der Waals surface area contributed by atoms with Crippen LogP contribution < -0.4 is 9.47 Å². The predicted molar refractivity (Wildman–Crippen MR) is 92.8 cm³/mol. The van der Waals surface area contributed by atoms with Crippen LogP contribution in [0.3, 0.4) is 0 Å². The smallest absolute Gasteiger partial charge is 0.315 e. The van der Waals surface area contributed by atoms with Crippen LogP contribution in [0.4, 0.5) is 0 Å². The molecule has 3 atom stereocenters. The topological polar surface area (TPSA) is 65.0 Å². The molecule has 0 bridgehead atoms. The van der Waals surface area contributed by atoms with E-state index < -0.39 is 17.5 Å². The van der Waals surface area contributed by atoms with Gasteiger partial charge < -0.3 is 19.3 Å². The largest absolute Gasteiger partial charge is 0.493 e. The van der Waals surface area contributed by atoms with Gasteiger partial charge in [0.05, 0.1) is 27.4 Å². The lowest BCUT2D eigenvalue weighted by Gasteiger charge is -2.23. The number of hydrogen-bond donors (Lipinski definition) is 1. The molecule has 0 saturated heterocycles. The minimum Gasteiger partial charge on any atom is -0.493 e. The van der Waals surface area contributed by atoms with Gasteiger partial charge in [0.2, 0.25) is 0 Å². The van der Waals surface area contributed by atoms with Crippen molar-refractivity contribution < 1.29 is 24.1 Å². The summed E-state index contributed by atoms with van der Waals surface area (Å²) in [4.78, 5) is 12.5. The third kappa shape index (κ3) is 2.85. The van der Waals surface area contributed by atoms with Crippen LogP contribution in [0.25, 0.3) is 0 Å². The van der Waals surface area contributed by atoms with Gasteiger partial charge in [-0.3, -0.25) is 4.79 Å². The molecule has 1 aliphatic carbocycles. The van der Waals surface area contributed by atoms with E-state index >= 15 is 0 Å². The Morgan fingerprint density at radius 3 is 2.36 bits per heavy atom. The van der Waals surface area contributed by atoms with Crippen molar-refractivity contribution in [2.75, 3.05) is 21.3 Å². The van der Waals surface area contributed by atoms with Gasteiger partial charge in [0.1, 0.15) is 5.41 Å². The summed E-state index contributed by atoms with van der Waals surface area (Å²) in [7, 11) is 4.44. The molecule has 0 aromatic heterocycles. The lowest BCUT2D eigenvalue weighted by atomic mass is 9.88. The van der Waals surface area contributed by atoms with Gasteiger partial charge in [-0.1, -0.05) is 36.4 Å². The summed E-state index contributed by atoms with van der Waals surface area (Å²) in [6.07, 6.45) is -0.455. The fourth-order valence-corrected chi connectivity index (χ4v) is 3.53. The van der Waals surface area contributed by atoms with E-state index in [9.17, 15) is 9.90 Å². The summed E-state index contributed by atoms with van der Waals surface area (Å²) in [5.41, 5.74) is 0.643. The highest BCUT2D eigenvalue weighted by molar-refractivity contribution is 5.83. The second-order valence-corrected chi connectivity index (χ2v) is 6.22. The third-order valence-electron chi connectivity index (χ3n) is 4.98. The van der Waals surface area contributed by atoms with Crippen molar-refractivity contribution in [2.24, 2.45) is 5.41 Å². The van der Waals surface area contributed by atoms with Crippen molar-refractivity contribution in [3.05, 3.63) is 59.7 Å². The summed E-state index contributed by atoms with van der Waals surface area (Å²) in [5.74, 6) is 0.602. The molecule has 1 N–H and O–H groups in total. The number of carbonyl (C=O) groups is 1. The Bertz CT molecular complexity index is 758. The van der Waals surface area contributed by atoms with Crippen LogP contribution in [-0.2, 0) is 9.53 Å². The van der Waals surface area contributed by atoms with Gasteiger partial charge in [0.25, 0.3) is 0 Å². The van der Waals surface area contributed by atoms with Crippen molar-refractivity contribution in [3.63, 3.8) is 0 Å². The van der Waals surface area contributed by atoms with E-state index in [0.717, 1.165) is 5.56 Å².